The number of H-pyrrole nitrogens is 1. The molecule has 1 saturated heterocycles. The fraction of sp³-hybridized carbons (Fsp3) is 0.556. The third kappa shape index (κ3) is 2.94. The van der Waals surface area contributed by atoms with E-state index in [1.807, 2.05) is 4.90 Å². The molecule has 8 heteroatoms. The minimum absolute atomic E-state index is 0.258. The predicted octanol–water partition coefficient (Wildman–Crippen LogP) is 1.37. The van der Waals surface area contributed by atoms with Crippen LogP contribution in [0.4, 0.5) is 5.82 Å². The Morgan fingerprint density at radius 1 is 1.23 bits per heavy atom. The number of carbonyl (C=O) groups excluding carboxylic acids is 1. The fourth-order valence-electron chi connectivity index (χ4n) is 3.97. The summed E-state index contributed by atoms with van der Waals surface area (Å²) in [6.07, 6.45) is 9.91. The van der Waals surface area contributed by atoms with Crippen LogP contribution in [0.2, 0.25) is 0 Å². The fourth-order valence-corrected chi connectivity index (χ4v) is 3.97. The molecule has 1 N–H and O–H groups in total. The summed E-state index contributed by atoms with van der Waals surface area (Å²) < 4.78 is 5.17. The largest absolute Gasteiger partial charge is 0.383 e. The Morgan fingerprint density at radius 3 is 2.88 bits per heavy atom. The molecule has 2 aliphatic rings. The van der Waals surface area contributed by atoms with Crippen LogP contribution in [0.15, 0.2) is 24.8 Å². The summed E-state index contributed by atoms with van der Waals surface area (Å²) in [6, 6.07) is 0. The van der Waals surface area contributed by atoms with Crippen LogP contribution >= 0.6 is 0 Å². The third-order valence-electron chi connectivity index (χ3n) is 5.53. The number of allylic oxidation sites excluding steroid dienone is 1. The molecule has 0 atom stereocenters. The number of hydrogen-bond donors (Lipinski definition) is 1. The Morgan fingerprint density at radius 2 is 2.08 bits per heavy atom. The zero-order valence-electron chi connectivity index (χ0n) is 15.0. The van der Waals surface area contributed by atoms with E-state index in [4.69, 9.17) is 4.74 Å². The molecular formula is C18H24N6O2. The highest BCUT2D eigenvalue weighted by atomic mass is 16.5. The molecule has 138 valence electrons. The molecule has 1 fully saturated rings. The molecule has 26 heavy (non-hydrogen) atoms. The number of carbonyl (C=O) groups is 1. The van der Waals surface area contributed by atoms with Crippen molar-refractivity contribution in [3.63, 3.8) is 0 Å². The van der Waals surface area contributed by atoms with Gasteiger partial charge in [0.15, 0.2) is 11.5 Å². The summed E-state index contributed by atoms with van der Waals surface area (Å²) in [4.78, 5) is 33.3. The molecule has 0 saturated carbocycles. The van der Waals surface area contributed by atoms with E-state index in [1.54, 1.807) is 19.8 Å². The lowest BCUT2D eigenvalue weighted by molar-refractivity contribution is -0.143. The highest BCUT2D eigenvalue weighted by Gasteiger charge is 2.43. The van der Waals surface area contributed by atoms with E-state index >= 15 is 0 Å². The van der Waals surface area contributed by atoms with Gasteiger partial charge in [-0.1, -0.05) is 12.2 Å². The van der Waals surface area contributed by atoms with Crippen molar-refractivity contribution in [3.8, 4) is 0 Å². The lowest BCUT2D eigenvalue weighted by Crippen LogP contribution is -2.50. The number of nitrogens with one attached hydrogen (secondary N) is 1. The first-order valence-electron chi connectivity index (χ1n) is 9.06. The number of fused-ring (bicyclic) bond motifs is 1. The molecular weight excluding hydrogens is 332 g/mol. The van der Waals surface area contributed by atoms with Crippen LogP contribution in [0.25, 0.3) is 11.2 Å². The van der Waals surface area contributed by atoms with Crippen molar-refractivity contribution in [2.75, 3.05) is 44.8 Å². The number of aromatic amines is 1. The summed E-state index contributed by atoms with van der Waals surface area (Å²) in [5, 5.41) is 0. The van der Waals surface area contributed by atoms with Crippen LogP contribution in [-0.2, 0) is 9.53 Å². The van der Waals surface area contributed by atoms with E-state index in [2.05, 4.69) is 37.0 Å². The van der Waals surface area contributed by atoms with Crippen molar-refractivity contribution in [1.29, 1.82) is 0 Å². The van der Waals surface area contributed by atoms with E-state index in [0.29, 0.717) is 25.3 Å². The Labute approximate surface area is 152 Å². The van der Waals surface area contributed by atoms with Gasteiger partial charge in [-0.05, 0) is 19.3 Å². The molecule has 4 heterocycles. The van der Waals surface area contributed by atoms with Gasteiger partial charge in [-0.15, -0.1) is 0 Å². The van der Waals surface area contributed by atoms with E-state index in [0.717, 1.165) is 43.7 Å². The van der Waals surface area contributed by atoms with Crippen LogP contribution in [0.5, 0.6) is 0 Å². The van der Waals surface area contributed by atoms with Gasteiger partial charge in [0.1, 0.15) is 11.8 Å². The van der Waals surface area contributed by atoms with Gasteiger partial charge in [0.2, 0.25) is 5.91 Å². The SMILES string of the molecule is COCCN1CC=CCC2(CCN(c3ncnc4nc[nH]c34)CC2)C1=O. The topological polar surface area (TPSA) is 87.2 Å². The quantitative estimate of drug-likeness (QED) is 0.833. The van der Waals surface area contributed by atoms with Crippen LogP contribution in [-0.4, -0.2) is 70.6 Å². The predicted molar refractivity (Wildman–Crippen MR) is 97.8 cm³/mol. The van der Waals surface area contributed by atoms with Gasteiger partial charge in [-0.3, -0.25) is 4.79 Å². The van der Waals surface area contributed by atoms with Crippen LogP contribution < -0.4 is 4.90 Å². The molecule has 4 rings (SSSR count). The van der Waals surface area contributed by atoms with E-state index in [1.165, 1.54) is 0 Å². The van der Waals surface area contributed by atoms with Gasteiger partial charge >= 0.3 is 0 Å². The van der Waals surface area contributed by atoms with Crippen molar-refractivity contribution in [2.24, 2.45) is 5.41 Å². The van der Waals surface area contributed by atoms with Gasteiger partial charge in [0.25, 0.3) is 0 Å². The number of piperidine rings is 1. The van der Waals surface area contributed by atoms with E-state index < -0.39 is 0 Å². The number of nitrogens with zero attached hydrogens (tertiary/aromatic N) is 5. The smallest absolute Gasteiger partial charge is 0.229 e. The summed E-state index contributed by atoms with van der Waals surface area (Å²) in [6.45, 7) is 3.48. The van der Waals surface area contributed by atoms with Gasteiger partial charge in [-0.25, -0.2) is 15.0 Å². The summed E-state index contributed by atoms with van der Waals surface area (Å²) in [5.41, 5.74) is 1.23. The van der Waals surface area contributed by atoms with Gasteiger partial charge in [0.05, 0.1) is 18.3 Å². The first-order valence-corrected chi connectivity index (χ1v) is 9.06. The van der Waals surface area contributed by atoms with E-state index in [9.17, 15) is 4.79 Å². The van der Waals surface area contributed by atoms with Crippen molar-refractivity contribution < 1.29 is 9.53 Å². The van der Waals surface area contributed by atoms with Crippen LogP contribution in [0.1, 0.15) is 19.3 Å². The Hall–Kier alpha value is -2.48. The Balaban J connectivity index is 1.52. The number of anilines is 1. The molecule has 1 amide bonds. The molecule has 0 aliphatic carbocycles. The lowest BCUT2D eigenvalue weighted by atomic mass is 9.74. The van der Waals surface area contributed by atoms with E-state index in [-0.39, 0.29) is 11.3 Å². The van der Waals surface area contributed by atoms with Crippen molar-refractivity contribution >= 4 is 22.9 Å². The zero-order chi connectivity index (χ0) is 18.0. The van der Waals surface area contributed by atoms with Gasteiger partial charge in [-0.2, -0.15) is 0 Å². The first-order chi connectivity index (χ1) is 12.7. The standard InChI is InChI=1S/C18H24N6O2/c1-26-11-10-24-7-3-2-4-18(17(24)25)5-8-23(9-6-18)16-14-15(20-12-19-14)21-13-22-16/h2-3,12-13H,4-11H2,1H3,(H,19,20,21,22). The first kappa shape index (κ1) is 17.0. The van der Waals surface area contributed by atoms with Gasteiger partial charge in [0, 0.05) is 33.3 Å². The number of methoxy groups -OCH3 is 1. The summed E-state index contributed by atoms with van der Waals surface area (Å²) >= 11 is 0. The van der Waals surface area contributed by atoms with Crippen LogP contribution in [0.3, 0.4) is 0 Å². The molecule has 0 unspecified atom stereocenters. The highest BCUT2D eigenvalue weighted by Crippen LogP contribution is 2.40. The third-order valence-corrected chi connectivity index (χ3v) is 5.53. The van der Waals surface area contributed by atoms with Gasteiger partial charge < -0.3 is 19.5 Å². The zero-order valence-corrected chi connectivity index (χ0v) is 15.0. The number of aromatic nitrogens is 4. The monoisotopic (exact) mass is 356 g/mol. The molecule has 0 aromatic carbocycles. The maximum Gasteiger partial charge on any atom is 0.229 e. The molecule has 1 spiro atoms. The Kier molecular flexibility index (Phi) is 4.58. The molecule has 2 aliphatic heterocycles. The highest BCUT2D eigenvalue weighted by molar-refractivity contribution is 5.85. The Bertz CT molecular complexity index is 809. The maximum absolute atomic E-state index is 13.2. The summed E-state index contributed by atoms with van der Waals surface area (Å²) in [5.74, 6) is 1.13. The number of hydrogen-bond acceptors (Lipinski definition) is 6. The maximum atomic E-state index is 13.2. The minimum atomic E-state index is -0.308. The average molecular weight is 356 g/mol. The average Bonchev–Trinajstić information content (AvgIpc) is 3.11. The second kappa shape index (κ2) is 7.03. The number of ether oxygens (including phenoxy) is 1. The summed E-state index contributed by atoms with van der Waals surface area (Å²) in [7, 11) is 1.67. The number of rotatable bonds is 4. The minimum Gasteiger partial charge on any atom is -0.383 e. The van der Waals surface area contributed by atoms with Crippen molar-refractivity contribution in [3.05, 3.63) is 24.8 Å². The number of amides is 1. The molecule has 8 nitrogen and oxygen atoms in total. The molecule has 2 aromatic rings. The lowest BCUT2D eigenvalue weighted by Gasteiger charge is -2.42. The van der Waals surface area contributed by atoms with Crippen molar-refractivity contribution in [1.82, 2.24) is 24.8 Å². The van der Waals surface area contributed by atoms with Crippen LogP contribution in [0, 0.1) is 5.41 Å². The molecule has 2 aromatic heterocycles. The molecule has 0 bridgehead atoms. The number of imidazole rings is 1. The normalized spacial score (nSPS) is 20.1. The molecule has 0 radical (unpaired) electrons. The second-order valence-corrected chi connectivity index (χ2v) is 6.99. The van der Waals surface area contributed by atoms with Crippen molar-refractivity contribution in [2.45, 2.75) is 19.3 Å². The second-order valence-electron chi connectivity index (χ2n) is 6.99.